The van der Waals surface area contributed by atoms with Crippen molar-refractivity contribution in [3.8, 4) is 0 Å². The molecule has 0 radical (unpaired) electrons. The first-order valence-electron chi connectivity index (χ1n) is 12.1. The molecule has 1 aromatic carbocycles. The van der Waals surface area contributed by atoms with Gasteiger partial charge in [0, 0.05) is 41.6 Å². The summed E-state index contributed by atoms with van der Waals surface area (Å²) in [7, 11) is 1.46. The predicted molar refractivity (Wildman–Crippen MR) is 131 cm³/mol. The number of allylic oxidation sites excluding steroid dienone is 2. The van der Waals surface area contributed by atoms with Crippen LogP contribution >= 0.6 is 0 Å². The number of halogens is 1. The second kappa shape index (κ2) is 10.6. The fourth-order valence-electron chi connectivity index (χ4n) is 5.64. The smallest absolute Gasteiger partial charge is 0.404 e. The summed E-state index contributed by atoms with van der Waals surface area (Å²) in [6.07, 6.45) is 7.51. The average molecular weight is 471 g/mol. The van der Waals surface area contributed by atoms with Crippen LogP contribution in [0.1, 0.15) is 69.7 Å². The molecule has 0 bridgehead atoms. The zero-order chi connectivity index (χ0) is 24.2. The SMILES string of the molecule is CO/N=C\c1c(COC(N)=O)n(C2CCN(C3CCC(=C(C)C)CC3)CC2)c2ccc(F)cc12. The van der Waals surface area contributed by atoms with Crippen LogP contribution in [0.25, 0.3) is 10.9 Å². The molecule has 0 spiro atoms. The number of oxime groups is 1. The van der Waals surface area contributed by atoms with E-state index in [-0.39, 0.29) is 18.5 Å². The maximum Gasteiger partial charge on any atom is 0.404 e. The summed E-state index contributed by atoms with van der Waals surface area (Å²) in [4.78, 5) is 18.9. The Balaban J connectivity index is 1.60. The van der Waals surface area contributed by atoms with Crippen LogP contribution in [0.3, 0.4) is 0 Å². The van der Waals surface area contributed by atoms with Crippen LogP contribution in [-0.4, -0.2) is 48.0 Å². The minimum atomic E-state index is -0.847. The molecule has 0 atom stereocenters. The van der Waals surface area contributed by atoms with E-state index in [4.69, 9.17) is 15.3 Å². The molecule has 2 heterocycles. The normalized spacial score (nSPS) is 20.2. The van der Waals surface area contributed by atoms with Crippen LogP contribution in [0.4, 0.5) is 9.18 Å². The van der Waals surface area contributed by atoms with Crippen molar-refractivity contribution in [1.82, 2.24) is 9.47 Å². The number of ether oxygens (including phenoxy) is 1. The molecule has 2 N–H and O–H groups in total. The Morgan fingerprint density at radius 2 is 1.88 bits per heavy atom. The lowest BCUT2D eigenvalue weighted by atomic mass is 9.86. The van der Waals surface area contributed by atoms with E-state index in [2.05, 4.69) is 28.5 Å². The van der Waals surface area contributed by atoms with Gasteiger partial charge >= 0.3 is 6.09 Å². The Morgan fingerprint density at radius 3 is 2.50 bits per heavy atom. The quantitative estimate of drug-likeness (QED) is 0.354. The van der Waals surface area contributed by atoms with Crippen molar-refractivity contribution in [3.63, 3.8) is 0 Å². The van der Waals surface area contributed by atoms with Crippen molar-refractivity contribution >= 4 is 23.2 Å². The van der Waals surface area contributed by atoms with Gasteiger partial charge < -0.3 is 24.8 Å². The summed E-state index contributed by atoms with van der Waals surface area (Å²) < 4.78 is 21.6. The second-order valence-electron chi connectivity index (χ2n) is 9.52. The minimum absolute atomic E-state index is 0.00891. The first kappa shape index (κ1) is 24.3. The molecule has 1 amide bonds. The molecule has 184 valence electrons. The molecule has 2 aromatic rings. The fourth-order valence-corrected chi connectivity index (χ4v) is 5.64. The highest BCUT2D eigenvalue weighted by molar-refractivity contribution is 6.01. The van der Waals surface area contributed by atoms with E-state index in [0.717, 1.165) is 37.1 Å². The van der Waals surface area contributed by atoms with Crippen molar-refractivity contribution < 1.29 is 18.8 Å². The highest BCUT2D eigenvalue weighted by Gasteiger charge is 2.30. The van der Waals surface area contributed by atoms with Crippen molar-refractivity contribution in [2.24, 2.45) is 10.9 Å². The number of amides is 1. The van der Waals surface area contributed by atoms with Crippen molar-refractivity contribution in [2.75, 3.05) is 20.2 Å². The number of benzene rings is 1. The first-order valence-corrected chi connectivity index (χ1v) is 12.1. The summed E-state index contributed by atoms with van der Waals surface area (Å²) in [5, 5.41) is 4.63. The summed E-state index contributed by atoms with van der Waals surface area (Å²) in [5.74, 6) is -0.332. The Labute approximate surface area is 200 Å². The minimum Gasteiger partial charge on any atom is -0.443 e. The summed E-state index contributed by atoms with van der Waals surface area (Å²) in [5.41, 5.74) is 10.7. The summed E-state index contributed by atoms with van der Waals surface area (Å²) >= 11 is 0. The molecular weight excluding hydrogens is 435 g/mol. The van der Waals surface area contributed by atoms with E-state index >= 15 is 0 Å². The predicted octanol–water partition coefficient (Wildman–Crippen LogP) is 5.27. The zero-order valence-corrected chi connectivity index (χ0v) is 20.3. The van der Waals surface area contributed by atoms with Crippen LogP contribution in [-0.2, 0) is 16.2 Å². The number of hydrogen-bond acceptors (Lipinski definition) is 5. The molecule has 1 saturated carbocycles. The van der Waals surface area contributed by atoms with Crippen LogP contribution in [0.5, 0.6) is 0 Å². The number of hydrogen-bond donors (Lipinski definition) is 1. The number of carbonyl (C=O) groups excluding carboxylic acids is 1. The van der Waals surface area contributed by atoms with Gasteiger partial charge in [0.05, 0.1) is 11.9 Å². The van der Waals surface area contributed by atoms with Gasteiger partial charge in [0.25, 0.3) is 0 Å². The van der Waals surface area contributed by atoms with E-state index in [1.807, 2.05) is 0 Å². The zero-order valence-electron chi connectivity index (χ0n) is 20.3. The molecule has 1 aromatic heterocycles. The Hall–Kier alpha value is -2.87. The van der Waals surface area contributed by atoms with E-state index in [9.17, 15) is 9.18 Å². The molecule has 2 aliphatic rings. The molecule has 1 aliphatic heterocycles. The summed E-state index contributed by atoms with van der Waals surface area (Å²) in [6, 6.07) is 5.59. The number of nitrogens with two attached hydrogens (primary N) is 1. The van der Waals surface area contributed by atoms with Crippen LogP contribution < -0.4 is 5.73 Å². The Morgan fingerprint density at radius 1 is 1.18 bits per heavy atom. The van der Waals surface area contributed by atoms with Gasteiger partial charge in [0.1, 0.15) is 19.5 Å². The highest BCUT2D eigenvalue weighted by Crippen LogP contribution is 2.36. The van der Waals surface area contributed by atoms with Gasteiger partial charge in [0.15, 0.2) is 0 Å². The third-order valence-corrected chi connectivity index (χ3v) is 7.39. The Bertz CT molecular complexity index is 1090. The maximum atomic E-state index is 14.2. The van der Waals surface area contributed by atoms with E-state index in [0.29, 0.717) is 17.0 Å². The lowest BCUT2D eigenvalue weighted by molar-refractivity contribution is 0.113. The topological polar surface area (TPSA) is 82.1 Å². The largest absolute Gasteiger partial charge is 0.443 e. The number of likely N-dealkylation sites (tertiary alicyclic amines) is 1. The van der Waals surface area contributed by atoms with Gasteiger partial charge in [-0.05, 0) is 70.6 Å². The molecule has 7 nitrogen and oxygen atoms in total. The van der Waals surface area contributed by atoms with Crippen molar-refractivity contribution in [1.29, 1.82) is 0 Å². The molecule has 1 saturated heterocycles. The van der Waals surface area contributed by atoms with Crippen LogP contribution in [0, 0.1) is 5.82 Å². The molecule has 2 fully saturated rings. The monoisotopic (exact) mass is 470 g/mol. The molecule has 1 aliphatic carbocycles. The fraction of sp³-hybridized carbons (Fsp3) is 0.538. The second-order valence-corrected chi connectivity index (χ2v) is 9.52. The van der Waals surface area contributed by atoms with Crippen LogP contribution in [0.15, 0.2) is 34.5 Å². The number of aromatic nitrogens is 1. The molecule has 0 unspecified atom stereocenters. The number of nitrogens with zero attached hydrogens (tertiary/aromatic N) is 3. The molecule has 8 heteroatoms. The Kier molecular flexibility index (Phi) is 7.56. The van der Waals surface area contributed by atoms with E-state index in [1.165, 1.54) is 50.5 Å². The van der Waals surface area contributed by atoms with Gasteiger partial charge in [-0.25, -0.2) is 9.18 Å². The molecule has 4 rings (SSSR count). The van der Waals surface area contributed by atoms with Gasteiger partial charge in [-0.15, -0.1) is 0 Å². The van der Waals surface area contributed by atoms with Gasteiger partial charge in [-0.1, -0.05) is 16.3 Å². The van der Waals surface area contributed by atoms with Gasteiger partial charge in [-0.2, -0.15) is 0 Å². The van der Waals surface area contributed by atoms with Crippen LogP contribution in [0.2, 0.25) is 0 Å². The third-order valence-electron chi connectivity index (χ3n) is 7.39. The maximum absolute atomic E-state index is 14.2. The standard InChI is InChI=1S/C26H35FN4O3/c1-17(2)18-4-7-20(8-5-18)30-12-10-21(11-13-30)31-24-9-6-19(27)14-22(24)23(15-29-33-3)25(31)16-34-26(28)32/h6,9,14-15,20-21H,4-5,7-8,10-13,16H2,1-3H3,(H2,28,32)/b29-15-. The number of fused-ring (bicyclic) bond motifs is 1. The molecule has 34 heavy (non-hydrogen) atoms. The number of piperidine rings is 1. The number of carbonyl (C=O) groups is 1. The van der Waals surface area contributed by atoms with E-state index in [1.54, 1.807) is 17.9 Å². The third kappa shape index (κ3) is 5.12. The highest BCUT2D eigenvalue weighted by atomic mass is 19.1. The molecular formula is C26H35FN4O3. The van der Waals surface area contributed by atoms with Crippen molar-refractivity contribution in [2.45, 2.75) is 71.1 Å². The van der Waals surface area contributed by atoms with Crippen molar-refractivity contribution in [3.05, 3.63) is 46.4 Å². The lowest BCUT2D eigenvalue weighted by Gasteiger charge is -2.40. The number of rotatable bonds is 6. The average Bonchev–Trinajstić information content (AvgIpc) is 3.13. The first-order chi connectivity index (χ1) is 16.4. The summed E-state index contributed by atoms with van der Waals surface area (Å²) in [6.45, 7) is 6.46. The van der Waals surface area contributed by atoms with E-state index < -0.39 is 6.09 Å². The lowest BCUT2D eigenvalue weighted by Crippen LogP contribution is -2.43. The van der Waals surface area contributed by atoms with Gasteiger partial charge in [-0.3, -0.25) is 0 Å². The van der Waals surface area contributed by atoms with Gasteiger partial charge in [0.2, 0.25) is 0 Å². The number of primary amides is 1.